The van der Waals surface area contributed by atoms with Crippen molar-refractivity contribution in [2.45, 2.75) is 6.54 Å². The molecule has 1 amide bonds. The van der Waals surface area contributed by atoms with Gasteiger partial charge in [0.1, 0.15) is 11.5 Å². The number of carbonyl (C=O) groups excluding carboxylic acids is 1. The predicted molar refractivity (Wildman–Crippen MR) is 87.8 cm³/mol. The molecule has 3 nitrogen and oxygen atoms in total. The molecule has 0 saturated carbocycles. The summed E-state index contributed by atoms with van der Waals surface area (Å²) in [5.74, 6) is -0.427. The summed E-state index contributed by atoms with van der Waals surface area (Å²) in [6.07, 6.45) is 1.64. The van der Waals surface area contributed by atoms with Crippen molar-refractivity contribution in [3.63, 3.8) is 0 Å². The van der Waals surface area contributed by atoms with Crippen LogP contribution in [0.3, 0.4) is 0 Å². The van der Waals surface area contributed by atoms with Gasteiger partial charge in [-0.1, -0.05) is 18.2 Å². The maximum atomic E-state index is 13.4. The van der Waals surface area contributed by atoms with Gasteiger partial charge in [0.2, 0.25) is 0 Å². The van der Waals surface area contributed by atoms with Crippen LogP contribution < -0.4 is 5.32 Å². The highest BCUT2D eigenvalue weighted by Crippen LogP contribution is 2.26. The fraction of sp³-hybridized carbons (Fsp3) is 0.118. The predicted octanol–water partition coefficient (Wildman–Crippen LogP) is 3.81. The van der Waals surface area contributed by atoms with E-state index in [1.54, 1.807) is 23.5 Å². The summed E-state index contributed by atoms with van der Waals surface area (Å²) in [4.78, 5) is 12.3. The van der Waals surface area contributed by atoms with Gasteiger partial charge in [-0.3, -0.25) is 4.79 Å². The molecule has 2 aromatic heterocycles. The van der Waals surface area contributed by atoms with Crippen LogP contribution in [0.2, 0.25) is 0 Å². The smallest absolute Gasteiger partial charge is 0.268 e. The van der Waals surface area contributed by atoms with Crippen molar-refractivity contribution in [2.24, 2.45) is 0 Å². The van der Waals surface area contributed by atoms with E-state index in [1.165, 1.54) is 12.1 Å². The molecule has 3 aromatic rings. The summed E-state index contributed by atoms with van der Waals surface area (Å²) in [7, 11) is 0. The second kappa shape index (κ2) is 6.15. The number of hydrogen-bond acceptors (Lipinski definition) is 2. The van der Waals surface area contributed by atoms with Crippen LogP contribution in [0.5, 0.6) is 0 Å². The number of fused-ring (bicyclic) bond motifs is 1. The molecule has 0 spiro atoms. The number of carbonyl (C=O) groups is 1. The third kappa shape index (κ3) is 2.80. The van der Waals surface area contributed by atoms with Crippen molar-refractivity contribution in [3.8, 4) is 0 Å². The van der Waals surface area contributed by atoms with E-state index in [1.807, 2.05) is 28.1 Å². The third-order valence-corrected chi connectivity index (χ3v) is 4.25. The van der Waals surface area contributed by atoms with Crippen molar-refractivity contribution in [3.05, 3.63) is 71.5 Å². The van der Waals surface area contributed by atoms with Gasteiger partial charge in [-0.25, -0.2) is 4.39 Å². The topological polar surface area (TPSA) is 34.0 Å². The Morgan fingerprint density at radius 3 is 3.00 bits per heavy atom. The molecule has 0 bridgehead atoms. The van der Waals surface area contributed by atoms with E-state index in [9.17, 15) is 9.18 Å². The molecular weight excluding hydrogens is 299 g/mol. The van der Waals surface area contributed by atoms with Crippen LogP contribution in [-0.2, 0) is 6.54 Å². The Bertz CT molecular complexity index is 834. The molecule has 5 heteroatoms. The average molecular weight is 314 g/mol. The van der Waals surface area contributed by atoms with Crippen LogP contribution in [0.25, 0.3) is 10.2 Å². The van der Waals surface area contributed by atoms with Gasteiger partial charge in [0.05, 0.1) is 10.2 Å². The second-order valence-corrected chi connectivity index (χ2v) is 5.86. The monoisotopic (exact) mass is 314 g/mol. The van der Waals surface area contributed by atoms with E-state index in [-0.39, 0.29) is 11.7 Å². The number of benzene rings is 1. The van der Waals surface area contributed by atoms with E-state index < -0.39 is 0 Å². The van der Waals surface area contributed by atoms with Crippen LogP contribution in [-0.4, -0.2) is 17.0 Å². The van der Waals surface area contributed by atoms with Gasteiger partial charge in [0.25, 0.3) is 5.91 Å². The largest absolute Gasteiger partial charge is 0.347 e. The lowest BCUT2D eigenvalue weighted by Crippen LogP contribution is -2.26. The Kier molecular flexibility index (Phi) is 4.06. The second-order valence-electron chi connectivity index (χ2n) is 4.91. The van der Waals surface area contributed by atoms with E-state index in [4.69, 9.17) is 0 Å². The number of nitrogens with one attached hydrogen (secondary N) is 1. The van der Waals surface area contributed by atoms with Gasteiger partial charge < -0.3 is 9.88 Å². The summed E-state index contributed by atoms with van der Waals surface area (Å²) in [5, 5.41) is 4.77. The van der Waals surface area contributed by atoms with Gasteiger partial charge in [-0.2, -0.15) is 0 Å². The molecule has 1 N–H and O–H groups in total. The zero-order chi connectivity index (χ0) is 15.5. The fourth-order valence-electron chi connectivity index (χ4n) is 2.41. The zero-order valence-corrected chi connectivity index (χ0v) is 12.7. The number of thiophene rings is 1. The van der Waals surface area contributed by atoms with E-state index in [0.29, 0.717) is 18.8 Å². The number of halogens is 1. The first-order chi connectivity index (χ1) is 10.7. The number of aromatic nitrogens is 1. The molecule has 0 fully saturated rings. The highest BCUT2D eigenvalue weighted by atomic mass is 32.1. The summed E-state index contributed by atoms with van der Waals surface area (Å²) in [5.41, 5.74) is 2.38. The third-order valence-electron chi connectivity index (χ3n) is 3.39. The molecule has 0 unspecified atom stereocenters. The summed E-state index contributed by atoms with van der Waals surface area (Å²) >= 11 is 1.58. The lowest BCUT2D eigenvalue weighted by Gasteiger charge is -2.10. The lowest BCUT2D eigenvalue weighted by atomic mass is 10.2. The molecule has 0 radical (unpaired) electrons. The lowest BCUT2D eigenvalue weighted by molar-refractivity contribution is 0.0949. The molecular formula is C17H15FN2OS. The molecule has 112 valence electrons. The minimum atomic E-state index is -0.274. The van der Waals surface area contributed by atoms with Gasteiger partial charge >= 0.3 is 0 Å². The number of rotatable bonds is 5. The molecule has 1 aromatic carbocycles. The zero-order valence-electron chi connectivity index (χ0n) is 11.9. The minimum Gasteiger partial charge on any atom is -0.347 e. The molecule has 0 atom stereocenters. The van der Waals surface area contributed by atoms with E-state index in [2.05, 4.69) is 11.9 Å². The minimum absolute atomic E-state index is 0.153. The van der Waals surface area contributed by atoms with Crippen molar-refractivity contribution in [2.75, 3.05) is 6.54 Å². The number of hydrogen-bond donors (Lipinski definition) is 1. The molecule has 0 aliphatic heterocycles. The Labute approximate surface area is 131 Å². The highest BCUT2D eigenvalue weighted by Gasteiger charge is 2.16. The van der Waals surface area contributed by atoms with Gasteiger partial charge in [0.15, 0.2) is 0 Å². The van der Waals surface area contributed by atoms with Crippen LogP contribution >= 0.6 is 11.3 Å². The Morgan fingerprint density at radius 2 is 2.23 bits per heavy atom. The fourth-order valence-corrected chi connectivity index (χ4v) is 3.23. The Balaban J connectivity index is 2.00. The van der Waals surface area contributed by atoms with Crippen molar-refractivity contribution in [1.29, 1.82) is 0 Å². The van der Waals surface area contributed by atoms with Crippen LogP contribution in [0.1, 0.15) is 16.1 Å². The number of nitrogens with zero attached hydrogens (tertiary/aromatic N) is 1. The van der Waals surface area contributed by atoms with Crippen molar-refractivity contribution < 1.29 is 9.18 Å². The number of amides is 1. The maximum Gasteiger partial charge on any atom is 0.268 e. The molecule has 22 heavy (non-hydrogen) atoms. The quantitative estimate of drug-likeness (QED) is 0.714. The average Bonchev–Trinajstić information content (AvgIpc) is 3.07. The SMILES string of the molecule is C=CCNC(=O)c1cc2sccc2n1Cc1cccc(F)c1. The molecule has 0 aliphatic carbocycles. The van der Waals surface area contributed by atoms with Crippen molar-refractivity contribution >= 4 is 27.5 Å². The summed E-state index contributed by atoms with van der Waals surface area (Å²) < 4.78 is 16.3. The Hall–Kier alpha value is -2.40. The van der Waals surface area contributed by atoms with Crippen LogP contribution in [0.15, 0.2) is 54.4 Å². The Morgan fingerprint density at radius 1 is 1.36 bits per heavy atom. The first-order valence-corrected chi connectivity index (χ1v) is 7.77. The van der Waals surface area contributed by atoms with Crippen LogP contribution in [0.4, 0.5) is 4.39 Å². The van der Waals surface area contributed by atoms with Gasteiger partial charge in [-0.05, 0) is 35.2 Å². The van der Waals surface area contributed by atoms with Crippen LogP contribution in [0, 0.1) is 5.82 Å². The molecule has 0 aliphatic rings. The standard InChI is InChI=1S/C17H15FN2OS/c1-2-7-19-17(21)15-10-16-14(6-8-22-16)20(15)11-12-4-3-5-13(18)9-12/h2-6,8-10H,1,7,11H2,(H,19,21). The summed E-state index contributed by atoms with van der Waals surface area (Å²) in [6.45, 7) is 4.47. The van der Waals surface area contributed by atoms with E-state index >= 15 is 0 Å². The highest BCUT2D eigenvalue weighted by molar-refractivity contribution is 7.17. The van der Waals surface area contributed by atoms with Crippen molar-refractivity contribution in [1.82, 2.24) is 9.88 Å². The molecule has 0 saturated heterocycles. The molecule has 3 rings (SSSR count). The summed E-state index contributed by atoms with van der Waals surface area (Å²) in [6, 6.07) is 10.3. The first kappa shape index (κ1) is 14.5. The van der Waals surface area contributed by atoms with Gasteiger partial charge in [0, 0.05) is 13.1 Å². The van der Waals surface area contributed by atoms with Gasteiger partial charge in [-0.15, -0.1) is 17.9 Å². The molecule has 2 heterocycles. The van der Waals surface area contributed by atoms with E-state index in [0.717, 1.165) is 15.8 Å². The first-order valence-electron chi connectivity index (χ1n) is 6.89. The normalized spacial score (nSPS) is 10.8. The maximum absolute atomic E-state index is 13.4.